The van der Waals surface area contributed by atoms with Crippen LogP contribution in [0.1, 0.15) is 96.8 Å². The van der Waals surface area contributed by atoms with Crippen LogP contribution in [0.5, 0.6) is 11.5 Å². The first-order valence-corrected chi connectivity index (χ1v) is 18.7. The van der Waals surface area contributed by atoms with Crippen molar-refractivity contribution in [1.82, 2.24) is 19.3 Å². The number of nitrogens with zero attached hydrogens (tertiary/aromatic N) is 4. The van der Waals surface area contributed by atoms with E-state index < -0.39 is 0 Å². The Hall–Kier alpha value is -4.47. The topological polar surface area (TPSA) is 44.9 Å². The Morgan fingerprint density at radius 1 is 0.712 bits per heavy atom. The molecule has 0 spiro atoms. The van der Waals surface area contributed by atoms with Gasteiger partial charge in [-0.3, -0.25) is 4.68 Å². The SMILES string of the molecule is Cc1ccnc(-n2c3[c-]c(Oc4[c-]c(-n5nc(C6CCCC6)c(-c6cc(C)c(C)c(C)c6)c5C5CCCC5)ccc4)ccc3c3ccccc32)c1.[Pt+2]. The van der Waals surface area contributed by atoms with E-state index in [0.29, 0.717) is 23.3 Å². The van der Waals surface area contributed by atoms with E-state index in [-0.39, 0.29) is 21.1 Å². The molecule has 0 atom stereocenters. The van der Waals surface area contributed by atoms with Gasteiger partial charge >= 0.3 is 21.1 Å². The Morgan fingerprint density at radius 2 is 1.42 bits per heavy atom. The van der Waals surface area contributed by atoms with Crippen LogP contribution in [0.2, 0.25) is 0 Å². The molecular weight excluding hydrogens is 820 g/mol. The van der Waals surface area contributed by atoms with Crippen LogP contribution in [0.3, 0.4) is 0 Å². The number of para-hydroxylation sites is 1. The van der Waals surface area contributed by atoms with Gasteiger partial charge in [-0.05, 0) is 110 Å². The fourth-order valence-electron chi connectivity index (χ4n) is 8.72. The summed E-state index contributed by atoms with van der Waals surface area (Å²) in [5.74, 6) is 3.11. The van der Waals surface area contributed by atoms with Gasteiger partial charge in [-0.15, -0.1) is 35.7 Å². The second-order valence-corrected chi connectivity index (χ2v) is 14.9. The quantitative estimate of drug-likeness (QED) is 0.150. The van der Waals surface area contributed by atoms with Crippen LogP contribution in [-0.2, 0) is 21.1 Å². The van der Waals surface area contributed by atoms with Gasteiger partial charge in [0.25, 0.3) is 0 Å². The zero-order valence-electron chi connectivity index (χ0n) is 30.4. The van der Waals surface area contributed by atoms with E-state index in [4.69, 9.17) is 14.8 Å². The number of pyridine rings is 1. The molecule has 0 unspecified atom stereocenters. The summed E-state index contributed by atoms with van der Waals surface area (Å²) in [7, 11) is 0. The van der Waals surface area contributed by atoms with Gasteiger partial charge in [0, 0.05) is 40.6 Å². The van der Waals surface area contributed by atoms with E-state index in [1.165, 1.54) is 90.6 Å². The molecule has 4 aromatic carbocycles. The molecule has 264 valence electrons. The maximum Gasteiger partial charge on any atom is 2.00 e. The van der Waals surface area contributed by atoms with Crippen LogP contribution in [0.15, 0.2) is 85.1 Å². The van der Waals surface area contributed by atoms with Crippen molar-refractivity contribution in [2.24, 2.45) is 0 Å². The van der Waals surface area contributed by atoms with Gasteiger partial charge in [0.2, 0.25) is 0 Å². The molecule has 0 radical (unpaired) electrons. The number of benzene rings is 4. The monoisotopic (exact) mass is 863 g/mol. The van der Waals surface area contributed by atoms with Gasteiger partial charge in [0.15, 0.2) is 0 Å². The standard InChI is InChI=1S/C46H44N4O.Pt/c1-29-22-23-47-43(24-29)49-41-19-10-9-18-39(41)40-21-20-38(28-42(40)49)51-37-17-11-16-36(27-37)50-46(34-14-7-8-15-34)44(45(48-50)33-12-5-6-13-33)35-25-30(2)32(4)31(3)26-35;/h9-11,16-26,33-34H,5-8,12-15H2,1-4H3;/q-2;+2. The van der Waals surface area contributed by atoms with Gasteiger partial charge < -0.3 is 9.30 Å². The van der Waals surface area contributed by atoms with Crippen LogP contribution in [0, 0.1) is 39.8 Å². The van der Waals surface area contributed by atoms with Gasteiger partial charge in [-0.2, -0.15) is 17.2 Å². The molecule has 3 heterocycles. The maximum atomic E-state index is 6.60. The summed E-state index contributed by atoms with van der Waals surface area (Å²) >= 11 is 0. The van der Waals surface area contributed by atoms with E-state index >= 15 is 0 Å². The van der Waals surface area contributed by atoms with E-state index in [1.54, 1.807) is 0 Å². The Labute approximate surface area is 321 Å². The minimum atomic E-state index is 0. The molecule has 2 saturated carbocycles. The predicted molar refractivity (Wildman–Crippen MR) is 207 cm³/mol. The van der Waals surface area contributed by atoms with Crippen molar-refractivity contribution >= 4 is 21.8 Å². The average molecular weight is 864 g/mol. The van der Waals surface area contributed by atoms with Crippen molar-refractivity contribution in [3.8, 4) is 34.1 Å². The minimum Gasteiger partial charge on any atom is -0.509 e. The number of aryl methyl sites for hydroxylation is 3. The molecule has 0 N–H and O–H groups in total. The third-order valence-corrected chi connectivity index (χ3v) is 11.5. The van der Waals surface area contributed by atoms with Gasteiger partial charge in [0.05, 0.1) is 11.4 Å². The summed E-state index contributed by atoms with van der Waals surface area (Å²) in [6.07, 6.45) is 11.7. The first-order chi connectivity index (χ1) is 24.9. The minimum absolute atomic E-state index is 0. The number of ether oxygens (including phenoxy) is 1. The molecule has 3 aromatic heterocycles. The molecule has 6 heteroatoms. The second-order valence-electron chi connectivity index (χ2n) is 14.9. The predicted octanol–water partition coefficient (Wildman–Crippen LogP) is 12.0. The van der Waals surface area contributed by atoms with E-state index in [0.717, 1.165) is 38.9 Å². The Balaban J connectivity index is 0.00000387. The van der Waals surface area contributed by atoms with Crippen molar-refractivity contribution in [1.29, 1.82) is 0 Å². The number of aromatic nitrogens is 4. The zero-order valence-corrected chi connectivity index (χ0v) is 32.7. The van der Waals surface area contributed by atoms with Crippen LogP contribution in [-0.4, -0.2) is 19.3 Å². The second kappa shape index (κ2) is 14.2. The Bertz CT molecular complexity index is 2400. The fraction of sp³-hybridized carbons (Fsp3) is 0.304. The molecule has 7 aromatic rings. The first kappa shape index (κ1) is 34.6. The molecular formula is C46H44N4OPt. The molecule has 0 aliphatic heterocycles. The summed E-state index contributed by atoms with van der Waals surface area (Å²) < 4.78 is 11.0. The van der Waals surface area contributed by atoms with Crippen LogP contribution in [0.4, 0.5) is 0 Å². The number of hydrogen-bond acceptors (Lipinski definition) is 3. The first-order valence-electron chi connectivity index (χ1n) is 18.7. The van der Waals surface area contributed by atoms with Crippen LogP contribution in [0.25, 0.3) is 44.4 Å². The largest absolute Gasteiger partial charge is 2.00 e. The van der Waals surface area contributed by atoms with E-state index in [1.807, 2.05) is 24.4 Å². The molecule has 52 heavy (non-hydrogen) atoms. The maximum absolute atomic E-state index is 6.60. The van der Waals surface area contributed by atoms with Crippen molar-refractivity contribution in [3.05, 3.63) is 131 Å². The van der Waals surface area contributed by atoms with Crippen molar-refractivity contribution in [2.75, 3.05) is 0 Å². The molecule has 2 aliphatic carbocycles. The van der Waals surface area contributed by atoms with Crippen LogP contribution >= 0.6 is 0 Å². The number of rotatable bonds is 7. The molecule has 0 bridgehead atoms. The zero-order chi connectivity index (χ0) is 34.6. The average Bonchev–Trinajstić information content (AvgIpc) is 3.96. The molecule has 0 amide bonds. The smallest absolute Gasteiger partial charge is 0.509 e. The Kier molecular flexibility index (Phi) is 9.42. The van der Waals surface area contributed by atoms with Crippen molar-refractivity contribution in [2.45, 2.75) is 90.9 Å². The number of hydrogen-bond donors (Lipinski definition) is 0. The summed E-state index contributed by atoms with van der Waals surface area (Å²) in [6, 6.07) is 35.0. The molecule has 9 rings (SSSR count). The molecule has 2 fully saturated rings. The van der Waals surface area contributed by atoms with Crippen molar-refractivity contribution < 1.29 is 25.8 Å². The molecule has 0 saturated heterocycles. The van der Waals surface area contributed by atoms with E-state index in [9.17, 15) is 0 Å². The summed E-state index contributed by atoms with van der Waals surface area (Å²) in [4.78, 5) is 4.74. The van der Waals surface area contributed by atoms with Gasteiger partial charge in [-0.1, -0.05) is 61.5 Å². The van der Waals surface area contributed by atoms with Crippen molar-refractivity contribution in [3.63, 3.8) is 0 Å². The van der Waals surface area contributed by atoms with E-state index in [2.05, 4.69) is 110 Å². The molecule has 5 nitrogen and oxygen atoms in total. The molecule has 2 aliphatic rings. The van der Waals surface area contributed by atoms with Gasteiger partial charge in [0.1, 0.15) is 5.82 Å². The normalized spacial score (nSPS) is 15.2. The number of fused-ring (bicyclic) bond motifs is 3. The summed E-state index contributed by atoms with van der Waals surface area (Å²) in [6.45, 7) is 8.84. The summed E-state index contributed by atoms with van der Waals surface area (Å²) in [5, 5.41) is 7.82. The fourth-order valence-corrected chi connectivity index (χ4v) is 8.72. The Morgan fingerprint density at radius 3 is 2.17 bits per heavy atom. The van der Waals surface area contributed by atoms with Crippen LogP contribution < -0.4 is 4.74 Å². The van der Waals surface area contributed by atoms with Gasteiger partial charge in [-0.25, -0.2) is 4.98 Å². The third-order valence-electron chi connectivity index (χ3n) is 11.5. The summed E-state index contributed by atoms with van der Waals surface area (Å²) in [5.41, 5.74) is 13.5. The third kappa shape index (κ3) is 6.11.